The van der Waals surface area contributed by atoms with Gasteiger partial charge in [0.2, 0.25) is 5.65 Å². The van der Waals surface area contributed by atoms with E-state index in [2.05, 4.69) is 36.6 Å². The van der Waals surface area contributed by atoms with Crippen molar-refractivity contribution in [3.8, 4) is 0 Å². The number of aromatic nitrogens is 6. The van der Waals surface area contributed by atoms with Gasteiger partial charge in [0, 0.05) is 11.6 Å². The average Bonchev–Trinajstić information content (AvgIpc) is 3.03. The van der Waals surface area contributed by atoms with Crippen LogP contribution in [-0.2, 0) is 6.54 Å². The lowest BCUT2D eigenvalue weighted by molar-refractivity contribution is 0.234. The van der Waals surface area contributed by atoms with Gasteiger partial charge in [-0.3, -0.25) is 4.98 Å². The van der Waals surface area contributed by atoms with Gasteiger partial charge in [-0.25, -0.2) is 14.6 Å². The molecule has 0 saturated carbocycles. The first-order chi connectivity index (χ1) is 12.5. The van der Waals surface area contributed by atoms with Gasteiger partial charge in [-0.2, -0.15) is 0 Å². The minimum Gasteiger partial charge on any atom is -0.394 e. The molecule has 26 heavy (non-hydrogen) atoms. The molecular formula is C18H19N7O. The zero-order chi connectivity index (χ0) is 18.1. The molecule has 4 aromatic rings. The van der Waals surface area contributed by atoms with Gasteiger partial charge in [-0.05, 0) is 37.6 Å². The minimum atomic E-state index is -0.494. The number of aliphatic hydroxyl groups excluding tert-OH is 1. The van der Waals surface area contributed by atoms with Crippen LogP contribution in [0.25, 0.3) is 22.2 Å². The molecule has 0 aliphatic rings. The number of hydrogen-bond acceptors (Lipinski definition) is 7. The van der Waals surface area contributed by atoms with Crippen LogP contribution in [0.5, 0.6) is 0 Å². The molecule has 0 atom stereocenters. The molecule has 0 fully saturated rings. The normalized spacial score (nSPS) is 12.0. The number of benzene rings is 1. The summed E-state index contributed by atoms with van der Waals surface area (Å²) >= 11 is 0. The molecular weight excluding hydrogens is 330 g/mol. The fourth-order valence-electron chi connectivity index (χ4n) is 2.70. The zero-order valence-electron chi connectivity index (χ0n) is 14.6. The second-order valence-electron chi connectivity index (χ2n) is 6.85. The first-order valence-corrected chi connectivity index (χ1v) is 8.33. The summed E-state index contributed by atoms with van der Waals surface area (Å²) in [6.45, 7) is 4.29. The van der Waals surface area contributed by atoms with Gasteiger partial charge in [0.1, 0.15) is 5.82 Å². The van der Waals surface area contributed by atoms with E-state index < -0.39 is 5.54 Å². The largest absolute Gasteiger partial charge is 0.394 e. The Morgan fingerprint density at radius 2 is 2.08 bits per heavy atom. The molecule has 2 N–H and O–H groups in total. The summed E-state index contributed by atoms with van der Waals surface area (Å²) in [5.41, 5.74) is 2.62. The van der Waals surface area contributed by atoms with E-state index in [1.165, 1.54) is 0 Å². The highest BCUT2D eigenvalue weighted by Crippen LogP contribution is 2.17. The highest BCUT2D eigenvalue weighted by atomic mass is 16.3. The summed E-state index contributed by atoms with van der Waals surface area (Å²) in [6.07, 6.45) is 3.38. The third-order valence-corrected chi connectivity index (χ3v) is 4.09. The maximum absolute atomic E-state index is 9.42. The third kappa shape index (κ3) is 3.18. The topological polar surface area (TPSA) is 102 Å². The van der Waals surface area contributed by atoms with E-state index in [0.29, 0.717) is 23.7 Å². The lowest BCUT2D eigenvalue weighted by Gasteiger charge is -2.23. The number of nitrogens with zero attached hydrogens (tertiary/aromatic N) is 6. The van der Waals surface area contributed by atoms with Crippen LogP contribution < -0.4 is 5.32 Å². The van der Waals surface area contributed by atoms with Crippen LogP contribution in [0.15, 0.2) is 42.7 Å². The van der Waals surface area contributed by atoms with E-state index in [1.54, 1.807) is 17.1 Å². The predicted molar refractivity (Wildman–Crippen MR) is 98.8 cm³/mol. The van der Waals surface area contributed by atoms with E-state index in [0.717, 1.165) is 16.5 Å². The van der Waals surface area contributed by atoms with Crippen LogP contribution in [0.4, 0.5) is 5.82 Å². The highest BCUT2D eigenvalue weighted by molar-refractivity contribution is 5.79. The van der Waals surface area contributed by atoms with Crippen LogP contribution >= 0.6 is 0 Å². The summed E-state index contributed by atoms with van der Waals surface area (Å²) in [4.78, 5) is 13.2. The van der Waals surface area contributed by atoms with Crippen LogP contribution in [0.2, 0.25) is 0 Å². The molecule has 0 unspecified atom stereocenters. The number of rotatable bonds is 5. The Morgan fingerprint density at radius 1 is 1.19 bits per heavy atom. The average molecular weight is 349 g/mol. The molecule has 0 bridgehead atoms. The number of nitrogens with one attached hydrogen (secondary N) is 1. The Balaban J connectivity index is 1.67. The van der Waals surface area contributed by atoms with E-state index in [4.69, 9.17) is 0 Å². The monoisotopic (exact) mass is 349 g/mol. The summed E-state index contributed by atoms with van der Waals surface area (Å²) in [6, 6.07) is 10.0. The van der Waals surface area contributed by atoms with Gasteiger partial charge in [0.25, 0.3) is 0 Å². The predicted octanol–water partition coefficient (Wildman–Crippen LogP) is 2.00. The Morgan fingerprint density at radius 3 is 2.92 bits per heavy atom. The van der Waals surface area contributed by atoms with Crippen LogP contribution in [0.1, 0.15) is 19.4 Å². The molecule has 4 rings (SSSR count). The smallest absolute Gasteiger partial charge is 0.221 e. The lowest BCUT2D eigenvalue weighted by atomic mass is 10.1. The highest BCUT2D eigenvalue weighted by Gasteiger charge is 2.18. The first-order valence-electron chi connectivity index (χ1n) is 8.33. The third-order valence-electron chi connectivity index (χ3n) is 4.09. The van der Waals surface area contributed by atoms with Crippen molar-refractivity contribution in [1.29, 1.82) is 0 Å². The van der Waals surface area contributed by atoms with E-state index >= 15 is 0 Å². The Bertz CT molecular complexity index is 1070. The van der Waals surface area contributed by atoms with Gasteiger partial charge in [-0.1, -0.05) is 17.3 Å². The van der Waals surface area contributed by atoms with E-state index in [-0.39, 0.29) is 6.61 Å². The molecule has 0 aliphatic heterocycles. The molecule has 3 aromatic heterocycles. The van der Waals surface area contributed by atoms with Crippen molar-refractivity contribution in [3.63, 3.8) is 0 Å². The molecule has 0 saturated heterocycles. The summed E-state index contributed by atoms with van der Waals surface area (Å²) < 4.78 is 1.72. The number of hydrogen-bond donors (Lipinski definition) is 2. The molecule has 0 radical (unpaired) electrons. The maximum atomic E-state index is 9.42. The fraction of sp³-hybridized carbons (Fsp3) is 0.278. The van der Waals surface area contributed by atoms with Crippen LogP contribution in [0, 0.1) is 0 Å². The Hall–Kier alpha value is -3.13. The second kappa shape index (κ2) is 6.30. The molecule has 132 valence electrons. The number of anilines is 1. The Labute approximate surface area is 149 Å². The van der Waals surface area contributed by atoms with Crippen LogP contribution in [0.3, 0.4) is 0 Å². The Kier molecular flexibility index (Phi) is 3.96. The fourth-order valence-corrected chi connectivity index (χ4v) is 2.70. The van der Waals surface area contributed by atoms with E-state index in [9.17, 15) is 5.11 Å². The lowest BCUT2D eigenvalue weighted by Crippen LogP contribution is -2.35. The van der Waals surface area contributed by atoms with Crippen molar-refractivity contribution in [3.05, 3.63) is 48.3 Å². The number of aliphatic hydroxyl groups is 1. The molecule has 1 aromatic carbocycles. The standard InChI is InChI=1S/C18H19N7O/c1-18(2,11-26)22-15-9-20-16-17(21-15)25(24-23-16)10-12-5-6-14-13(8-12)4-3-7-19-14/h3-9,26H,10-11H2,1-2H3,(H,21,22). The zero-order valence-corrected chi connectivity index (χ0v) is 14.6. The van der Waals surface area contributed by atoms with Crippen molar-refractivity contribution < 1.29 is 5.11 Å². The molecule has 0 amide bonds. The molecule has 3 heterocycles. The van der Waals surface area contributed by atoms with Crippen LogP contribution in [-0.4, -0.2) is 47.2 Å². The van der Waals surface area contributed by atoms with Gasteiger partial charge in [0.05, 0.1) is 30.4 Å². The SMILES string of the molecule is CC(C)(CO)Nc1cnc2nnn(Cc3ccc4ncccc4c3)c2n1. The summed E-state index contributed by atoms with van der Waals surface area (Å²) in [5.74, 6) is 0.572. The van der Waals surface area contributed by atoms with Gasteiger partial charge in [-0.15, -0.1) is 5.10 Å². The quantitative estimate of drug-likeness (QED) is 0.568. The first kappa shape index (κ1) is 16.3. The van der Waals surface area contributed by atoms with Crippen molar-refractivity contribution in [2.75, 3.05) is 11.9 Å². The summed E-state index contributed by atoms with van der Waals surface area (Å²) in [5, 5.41) is 21.9. The number of pyridine rings is 1. The maximum Gasteiger partial charge on any atom is 0.221 e. The second-order valence-corrected chi connectivity index (χ2v) is 6.85. The van der Waals surface area contributed by atoms with Crippen molar-refractivity contribution in [2.45, 2.75) is 25.9 Å². The van der Waals surface area contributed by atoms with Crippen molar-refractivity contribution in [2.24, 2.45) is 0 Å². The van der Waals surface area contributed by atoms with Crippen molar-refractivity contribution >= 4 is 28.0 Å². The van der Waals surface area contributed by atoms with E-state index in [1.807, 2.05) is 38.1 Å². The molecule has 0 spiro atoms. The van der Waals surface area contributed by atoms with Crippen molar-refractivity contribution in [1.82, 2.24) is 29.9 Å². The molecule has 0 aliphatic carbocycles. The van der Waals surface area contributed by atoms with Gasteiger partial charge in [0.15, 0.2) is 5.65 Å². The summed E-state index contributed by atoms with van der Waals surface area (Å²) in [7, 11) is 0. The number of fused-ring (bicyclic) bond motifs is 2. The van der Waals surface area contributed by atoms with Gasteiger partial charge < -0.3 is 10.4 Å². The molecule has 8 nitrogen and oxygen atoms in total. The van der Waals surface area contributed by atoms with Gasteiger partial charge >= 0.3 is 0 Å². The molecule has 8 heteroatoms. The minimum absolute atomic E-state index is 0.0185.